The molecule has 4 nitrogen and oxygen atoms in total. The number of nitrogens with zero attached hydrogens (tertiary/aromatic N) is 2. The SMILES string of the molecule is CC(C)CN(C1CCCC1)S(=O)(=O)c1ccc(Cl)nc1. The maximum Gasteiger partial charge on any atom is 0.244 e. The molecule has 0 bridgehead atoms. The molecule has 0 radical (unpaired) electrons. The Balaban J connectivity index is 2.32. The average Bonchev–Trinajstić information content (AvgIpc) is 2.89. The summed E-state index contributed by atoms with van der Waals surface area (Å²) in [6.45, 7) is 4.63. The van der Waals surface area contributed by atoms with Gasteiger partial charge in [-0.2, -0.15) is 4.31 Å². The minimum Gasteiger partial charge on any atom is -0.243 e. The van der Waals surface area contributed by atoms with Crippen LogP contribution in [0.15, 0.2) is 23.2 Å². The summed E-state index contributed by atoms with van der Waals surface area (Å²) in [6, 6.07) is 3.18. The van der Waals surface area contributed by atoms with Gasteiger partial charge in [0.1, 0.15) is 10.0 Å². The highest BCUT2D eigenvalue weighted by molar-refractivity contribution is 7.89. The van der Waals surface area contributed by atoms with Gasteiger partial charge in [0, 0.05) is 18.8 Å². The molecular weight excluding hydrogens is 296 g/mol. The maximum atomic E-state index is 12.8. The van der Waals surface area contributed by atoms with Crippen LogP contribution in [0.2, 0.25) is 5.15 Å². The summed E-state index contributed by atoms with van der Waals surface area (Å²) >= 11 is 5.73. The number of halogens is 1. The number of hydrogen-bond acceptors (Lipinski definition) is 3. The zero-order valence-corrected chi connectivity index (χ0v) is 13.5. The topological polar surface area (TPSA) is 50.3 Å². The van der Waals surface area contributed by atoms with Crippen LogP contribution in [0.1, 0.15) is 39.5 Å². The lowest BCUT2D eigenvalue weighted by atomic mass is 10.2. The van der Waals surface area contributed by atoms with Gasteiger partial charge in [-0.05, 0) is 30.9 Å². The van der Waals surface area contributed by atoms with Crippen molar-refractivity contribution in [3.63, 3.8) is 0 Å². The van der Waals surface area contributed by atoms with Crippen molar-refractivity contribution in [3.05, 3.63) is 23.5 Å². The van der Waals surface area contributed by atoms with E-state index in [0.717, 1.165) is 25.7 Å². The summed E-state index contributed by atoms with van der Waals surface area (Å²) in [6.07, 6.45) is 5.46. The quantitative estimate of drug-likeness (QED) is 0.783. The van der Waals surface area contributed by atoms with Crippen molar-refractivity contribution in [3.8, 4) is 0 Å². The Morgan fingerprint density at radius 1 is 1.35 bits per heavy atom. The molecule has 0 saturated heterocycles. The molecule has 0 spiro atoms. The monoisotopic (exact) mass is 316 g/mol. The van der Waals surface area contributed by atoms with Crippen LogP contribution in [-0.2, 0) is 10.0 Å². The Bertz CT molecular complexity index is 537. The minimum atomic E-state index is -3.48. The van der Waals surface area contributed by atoms with Gasteiger partial charge in [0.25, 0.3) is 0 Å². The van der Waals surface area contributed by atoms with E-state index in [1.165, 1.54) is 18.3 Å². The molecule has 0 N–H and O–H groups in total. The molecule has 1 aliphatic carbocycles. The Labute approximate surface area is 126 Å². The third-order valence-corrected chi connectivity index (χ3v) is 5.71. The molecule has 20 heavy (non-hydrogen) atoms. The predicted molar refractivity (Wildman–Crippen MR) is 80.2 cm³/mol. The van der Waals surface area contributed by atoms with Crippen molar-refractivity contribution in [2.45, 2.75) is 50.5 Å². The zero-order valence-electron chi connectivity index (χ0n) is 11.9. The van der Waals surface area contributed by atoms with Gasteiger partial charge >= 0.3 is 0 Å². The van der Waals surface area contributed by atoms with Crippen LogP contribution in [0.5, 0.6) is 0 Å². The summed E-state index contributed by atoms with van der Waals surface area (Å²) in [5.41, 5.74) is 0. The molecule has 6 heteroatoms. The highest BCUT2D eigenvalue weighted by atomic mass is 35.5. The molecule has 0 atom stereocenters. The second kappa shape index (κ2) is 6.41. The molecule has 1 heterocycles. The van der Waals surface area contributed by atoms with E-state index in [0.29, 0.717) is 17.6 Å². The van der Waals surface area contributed by atoms with E-state index < -0.39 is 10.0 Å². The summed E-state index contributed by atoms with van der Waals surface area (Å²) in [5, 5.41) is 0.306. The lowest BCUT2D eigenvalue weighted by molar-refractivity contribution is 0.292. The fourth-order valence-electron chi connectivity index (χ4n) is 2.65. The second-order valence-corrected chi connectivity index (χ2v) is 8.00. The molecule has 2 rings (SSSR count). The highest BCUT2D eigenvalue weighted by Crippen LogP contribution is 2.29. The van der Waals surface area contributed by atoms with E-state index in [9.17, 15) is 8.42 Å². The number of aromatic nitrogens is 1. The third kappa shape index (κ3) is 3.51. The van der Waals surface area contributed by atoms with Crippen molar-refractivity contribution >= 4 is 21.6 Å². The van der Waals surface area contributed by atoms with E-state index in [1.807, 2.05) is 13.8 Å². The number of rotatable bonds is 5. The average molecular weight is 317 g/mol. The van der Waals surface area contributed by atoms with E-state index in [1.54, 1.807) is 4.31 Å². The molecule has 0 aromatic carbocycles. The van der Waals surface area contributed by atoms with Gasteiger partial charge in [-0.3, -0.25) is 0 Å². The van der Waals surface area contributed by atoms with Gasteiger partial charge in [0.15, 0.2) is 0 Å². The van der Waals surface area contributed by atoms with E-state index >= 15 is 0 Å². The summed E-state index contributed by atoms with van der Waals surface area (Å²) in [7, 11) is -3.48. The van der Waals surface area contributed by atoms with Crippen LogP contribution in [0, 0.1) is 5.92 Å². The largest absolute Gasteiger partial charge is 0.244 e. The van der Waals surface area contributed by atoms with Crippen LogP contribution < -0.4 is 0 Å². The molecule has 0 amide bonds. The van der Waals surface area contributed by atoms with Crippen molar-refractivity contribution in [2.24, 2.45) is 5.92 Å². The fourth-order valence-corrected chi connectivity index (χ4v) is 4.55. The van der Waals surface area contributed by atoms with Crippen LogP contribution in [0.25, 0.3) is 0 Å². The van der Waals surface area contributed by atoms with Gasteiger partial charge < -0.3 is 0 Å². The standard InChI is InChI=1S/C14H21ClN2O2S/c1-11(2)10-17(12-5-3-4-6-12)20(18,19)13-7-8-14(15)16-9-13/h7-9,11-12H,3-6,10H2,1-2H3. The Kier molecular flexibility index (Phi) is 5.04. The first-order chi connectivity index (χ1) is 9.41. The van der Waals surface area contributed by atoms with Crippen LogP contribution in [-0.4, -0.2) is 30.3 Å². The lowest BCUT2D eigenvalue weighted by Gasteiger charge is -2.29. The second-order valence-electron chi connectivity index (χ2n) is 5.72. The molecule has 1 aromatic heterocycles. The molecule has 0 aliphatic heterocycles. The first kappa shape index (κ1) is 15.7. The Hall–Kier alpha value is -0.650. The molecule has 1 aliphatic rings. The highest BCUT2D eigenvalue weighted by Gasteiger charge is 2.33. The third-order valence-electron chi connectivity index (χ3n) is 3.58. The van der Waals surface area contributed by atoms with Crippen molar-refractivity contribution in [2.75, 3.05) is 6.54 Å². The predicted octanol–water partition coefficient (Wildman–Crippen LogP) is 3.32. The fraction of sp³-hybridized carbons (Fsp3) is 0.643. The number of pyridine rings is 1. The van der Waals surface area contributed by atoms with Gasteiger partial charge in [0.05, 0.1) is 0 Å². The van der Waals surface area contributed by atoms with Crippen molar-refractivity contribution in [1.29, 1.82) is 0 Å². The number of sulfonamides is 1. The normalized spacial score (nSPS) is 17.2. The van der Waals surface area contributed by atoms with E-state index in [4.69, 9.17) is 11.6 Å². The molecule has 1 aromatic rings. The molecule has 1 saturated carbocycles. The van der Waals surface area contributed by atoms with Crippen LogP contribution in [0.4, 0.5) is 0 Å². The first-order valence-electron chi connectivity index (χ1n) is 7.04. The maximum absolute atomic E-state index is 12.8. The van der Waals surface area contributed by atoms with Gasteiger partial charge in [-0.15, -0.1) is 0 Å². The summed E-state index contributed by atoms with van der Waals surface area (Å²) in [4.78, 5) is 4.12. The summed E-state index contributed by atoms with van der Waals surface area (Å²) in [5.74, 6) is 0.297. The molecule has 0 unspecified atom stereocenters. The Morgan fingerprint density at radius 2 is 2.00 bits per heavy atom. The van der Waals surface area contributed by atoms with Crippen molar-refractivity contribution < 1.29 is 8.42 Å². The van der Waals surface area contributed by atoms with Gasteiger partial charge in [0.2, 0.25) is 10.0 Å². The Morgan fingerprint density at radius 3 is 2.50 bits per heavy atom. The smallest absolute Gasteiger partial charge is 0.243 e. The van der Waals surface area contributed by atoms with Crippen LogP contribution in [0.3, 0.4) is 0 Å². The number of hydrogen-bond donors (Lipinski definition) is 0. The van der Waals surface area contributed by atoms with Crippen molar-refractivity contribution in [1.82, 2.24) is 9.29 Å². The molecular formula is C14H21ClN2O2S. The lowest BCUT2D eigenvalue weighted by Crippen LogP contribution is -2.41. The minimum absolute atomic E-state index is 0.123. The van der Waals surface area contributed by atoms with Gasteiger partial charge in [-0.25, -0.2) is 13.4 Å². The van der Waals surface area contributed by atoms with Gasteiger partial charge in [-0.1, -0.05) is 38.3 Å². The van der Waals surface area contributed by atoms with E-state index in [-0.39, 0.29) is 10.9 Å². The van der Waals surface area contributed by atoms with Crippen LogP contribution >= 0.6 is 11.6 Å². The summed E-state index contributed by atoms with van der Waals surface area (Å²) < 4.78 is 27.3. The first-order valence-corrected chi connectivity index (χ1v) is 8.86. The molecule has 112 valence electrons. The zero-order chi connectivity index (χ0) is 14.8. The van der Waals surface area contributed by atoms with E-state index in [2.05, 4.69) is 4.98 Å². The molecule has 1 fully saturated rings.